The van der Waals surface area contributed by atoms with E-state index in [2.05, 4.69) is 22.2 Å². The Hall–Kier alpha value is -2.32. The van der Waals surface area contributed by atoms with E-state index in [9.17, 15) is 4.79 Å². The third-order valence-electron chi connectivity index (χ3n) is 4.07. The first-order valence-electron chi connectivity index (χ1n) is 7.84. The zero-order valence-electron chi connectivity index (χ0n) is 14.7. The molecule has 2 heterocycles. The summed E-state index contributed by atoms with van der Waals surface area (Å²) >= 11 is 1.52. The van der Waals surface area contributed by atoms with Crippen LogP contribution in [0.3, 0.4) is 0 Å². The highest BCUT2D eigenvalue weighted by molar-refractivity contribution is 7.15. The number of ether oxygens (including phenoxy) is 3. The highest BCUT2D eigenvalue weighted by Crippen LogP contribution is 2.38. The molecule has 3 rings (SSSR count). The van der Waals surface area contributed by atoms with Gasteiger partial charge in [0.25, 0.3) is 5.91 Å². The Morgan fingerprint density at radius 1 is 1.20 bits per heavy atom. The van der Waals surface area contributed by atoms with Crippen molar-refractivity contribution in [2.75, 3.05) is 40.2 Å². The summed E-state index contributed by atoms with van der Waals surface area (Å²) in [5, 5.41) is 3.48. The number of benzene rings is 1. The van der Waals surface area contributed by atoms with Gasteiger partial charge in [-0.15, -0.1) is 11.3 Å². The quantitative estimate of drug-likeness (QED) is 0.879. The van der Waals surface area contributed by atoms with Gasteiger partial charge in [0.1, 0.15) is 0 Å². The molecule has 8 heteroatoms. The number of hydrogen-bond acceptors (Lipinski definition) is 7. The highest BCUT2D eigenvalue weighted by atomic mass is 32.1. The summed E-state index contributed by atoms with van der Waals surface area (Å²) in [6, 6.07) is 3.25. The number of fused-ring (bicyclic) bond motifs is 1. The molecule has 134 valence electrons. The molecule has 0 aliphatic carbocycles. The second-order valence-corrected chi connectivity index (χ2v) is 6.83. The van der Waals surface area contributed by atoms with E-state index in [1.165, 1.54) is 37.5 Å². The first-order chi connectivity index (χ1) is 12.0. The zero-order valence-corrected chi connectivity index (χ0v) is 15.5. The summed E-state index contributed by atoms with van der Waals surface area (Å²) < 4.78 is 15.9. The van der Waals surface area contributed by atoms with Gasteiger partial charge in [0.05, 0.1) is 27.0 Å². The molecule has 0 fully saturated rings. The van der Waals surface area contributed by atoms with E-state index >= 15 is 0 Å². The van der Waals surface area contributed by atoms with Crippen LogP contribution in [0.4, 0.5) is 5.13 Å². The number of nitrogens with one attached hydrogen (secondary N) is 1. The minimum atomic E-state index is -0.265. The summed E-state index contributed by atoms with van der Waals surface area (Å²) in [4.78, 5) is 20.6. The Morgan fingerprint density at radius 3 is 2.48 bits per heavy atom. The Bertz CT molecular complexity index is 765. The average molecular weight is 363 g/mol. The van der Waals surface area contributed by atoms with Gasteiger partial charge < -0.3 is 19.1 Å². The van der Waals surface area contributed by atoms with E-state index < -0.39 is 0 Å². The fourth-order valence-electron chi connectivity index (χ4n) is 2.76. The van der Waals surface area contributed by atoms with Gasteiger partial charge in [-0.2, -0.15) is 0 Å². The van der Waals surface area contributed by atoms with Gasteiger partial charge in [0.15, 0.2) is 16.6 Å². The Balaban J connectivity index is 1.84. The smallest absolute Gasteiger partial charge is 0.257 e. The molecule has 7 nitrogen and oxygen atoms in total. The van der Waals surface area contributed by atoms with Crippen LogP contribution in [-0.4, -0.2) is 50.7 Å². The van der Waals surface area contributed by atoms with Crippen molar-refractivity contribution in [1.82, 2.24) is 9.88 Å². The van der Waals surface area contributed by atoms with Crippen molar-refractivity contribution in [3.63, 3.8) is 0 Å². The average Bonchev–Trinajstić information content (AvgIpc) is 3.01. The van der Waals surface area contributed by atoms with E-state index in [1.54, 1.807) is 12.1 Å². The van der Waals surface area contributed by atoms with E-state index in [0.717, 1.165) is 25.2 Å². The Kier molecular flexibility index (Phi) is 5.10. The number of rotatable bonds is 5. The standard InChI is InChI=1S/C17H21N3O4S/c1-20-6-5-11-14(9-20)25-17(18-11)19-16(21)10-7-12(22-2)15(24-4)13(8-10)23-3/h7-8H,5-6,9H2,1-4H3,(H,18,19,21). The highest BCUT2D eigenvalue weighted by Gasteiger charge is 2.21. The fourth-order valence-corrected chi connectivity index (χ4v) is 3.84. The summed E-state index contributed by atoms with van der Waals surface area (Å²) in [7, 11) is 6.64. The van der Waals surface area contributed by atoms with Crippen LogP contribution in [0.15, 0.2) is 12.1 Å². The molecule has 0 saturated heterocycles. The molecule has 1 amide bonds. The van der Waals surface area contributed by atoms with Gasteiger partial charge in [0.2, 0.25) is 5.75 Å². The van der Waals surface area contributed by atoms with Gasteiger partial charge in [-0.25, -0.2) is 4.98 Å². The predicted octanol–water partition coefficient (Wildman–Crippen LogP) is 2.41. The van der Waals surface area contributed by atoms with Crippen LogP contribution in [-0.2, 0) is 13.0 Å². The lowest BCUT2D eigenvalue weighted by atomic mass is 10.1. The number of thiazole rings is 1. The van der Waals surface area contributed by atoms with Crippen LogP contribution in [0.2, 0.25) is 0 Å². The molecule has 1 aliphatic rings. The topological polar surface area (TPSA) is 72.9 Å². The van der Waals surface area contributed by atoms with E-state index in [1.807, 2.05) is 0 Å². The first-order valence-corrected chi connectivity index (χ1v) is 8.65. The second kappa shape index (κ2) is 7.28. The number of methoxy groups -OCH3 is 3. The fraction of sp³-hybridized carbons (Fsp3) is 0.412. The summed E-state index contributed by atoms with van der Waals surface area (Å²) in [5.74, 6) is 1.06. The molecule has 0 bridgehead atoms. The molecule has 1 N–H and O–H groups in total. The van der Waals surface area contributed by atoms with Crippen molar-refractivity contribution in [3.8, 4) is 17.2 Å². The van der Waals surface area contributed by atoms with Crippen LogP contribution < -0.4 is 19.5 Å². The van der Waals surface area contributed by atoms with Crippen molar-refractivity contribution in [1.29, 1.82) is 0 Å². The molecule has 25 heavy (non-hydrogen) atoms. The maximum absolute atomic E-state index is 12.6. The third-order valence-corrected chi connectivity index (χ3v) is 5.07. The van der Waals surface area contributed by atoms with Crippen LogP contribution in [0, 0.1) is 0 Å². The lowest BCUT2D eigenvalue weighted by molar-refractivity contribution is 0.102. The van der Waals surface area contributed by atoms with E-state index in [-0.39, 0.29) is 5.91 Å². The number of carbonyl (C=O) groups is 1. The molecule has 0 spiro atoms. The number of amides is 1. The molecule has 1 aromatic carbocycles. The zero-order chi connectivity index (χ0) is 18.0. The predicted molar refractivity (Wildman–Crippen MR) is 96.2 cm³/mol. The molecule has 0 unspecified atom stereocenters. The van der Waals surface area contributed by atoms with Crippen molar-refractivity contribution < 1.29 is 19.0 Å². The SMILES string of the molecule is COc1cc(C(=O)Nc2nc3c(s2)CN(C)CC3)cc(OC)c1OC. The normalized spacial score (nSPS) is 13.9. The minimum absolute atomic E-state index is 0.265. The van der Waals surface area contributed by atoms with Crippen LogP contribution in [0.1, 0.15) is 20.9 Å². The lowest BCUT2D eigenvalue weighted by Gasteiger charge is -2.20. The van der Waals surface area contributed by atoms with E-state index in [0.29, 0.717) is 27.9 Å². The summed E-state index contributed by atoms with van der Waals surface area (Å²) in [6.07, 6.45) is 0.905. The number of anilines is 1. The molecule has 0 atom stereocenters. The van der Waals surface area contributed by atoms with Crippen molar-refractivity contribution in [2.24, 2.45) is 0 Å². The monoisotopic (exact) mass is 363 g/mol. The van der Waals surface area contributed by atoms with Gasteiger partial charge >= 0.3 is 0 Å². The molecule has 1 aliphatic heterocycles. The molecule has 0 radical (unpaired) electrons. The first kappa shape index (κ1) is 17.5. The summed E-state index contributed by atoms with van der Waals surface area (Å²) in [5.41, 5.74) is 1.49. The number of hydrogen-bond donors (Lipinski definition) is 1. The van der Waals surface area contributed by atoms with Gasteiger partial charge in [-0.3, -0.25) is 10.1 Å². The molecular weight excluding hydrogens is 342 g/mol. The number of likely N-dealkylation sites (N-methyl/N-ethyl adjacent to an activating group) is 1. The molecule has 1 aromatic heterocycles. The second-order valence-electron chi connectivity index (χ2n) is 5.74. The Morgan fingerprint density at radius 2 is 1.88 bits per heavy atom. The number of aromatic nitrogens is 1. The van der Waals surface area contributed by atoms with Gasteiger partial charge in [-0.1, -0.05) is 0 Å². The number of nitrogens with zero attached hydrogens (tertiary/aromatic N) is 2. The van der Waals surface area contributed by atoms with Gasteiger partial charge in [0, 0.05) is 30.0 Å². The minimum Gasteiger partial charge on any atom is -0.493 e. The van der Waals surface area contributed by atoms with E-state index in [4.69, 9.17) is 14.2 Å². The Labute approximate surface area is 150 Å². The molecule has 2 aromatic rings. The van der Waals surface area contributed by atoms with Crippen LogP contribution >= 0.6 is 11.3 Å². The molecular formula is C17H21N3O4S. The maximum Gasteiger partial charge on any atom is 0.257 e. The van der Waals surface area contributed by atoms with Crippen LogP contribution in [0.5, 0.6) is 17.2 Å². The third kappa shape index (κ3) is 3.54. The molecule has 0 saturated carbocycles. The van der Waals surface area contributed by atoms with Crippen molar-refractivity contribution >= 4 is 22.4 Å². The lowest BCUT2D eigenvalue weighted by Crippen LogP contribution is -2.25. The number of carbonyl (C=O) groups excluding carboxylic acids is 1. The van der Waals surface area contributed by atoms with Crippen LogP contribution in [0.25, 0.3) is 0 Å². The maximum atomic E-state index is 12.6. The van der Waals surface area contributed by atoms with Gasteiger partial charge in [-0.05, 0) is 19.2 Å². The van der Waals surface area contributed by atoms with Crippen molar-refractivity contribution in [3.05, 3.63) is 28.3 Å². The van der Waals surface area contributed by atoms with Crippen molar-refractivity contribution in [2.45, 2.75) is 13.0 Å². The largest absolute Gasteiger partial charge is 0.493 e. The summed E-state index contributed by atoms with van der Waals surface area (Å²) in [6.45, 7) is 1.85.